The predicted molar refractivity (Wildman–Crippen MR) is 82.9 cm³/mol. The Bertz CT molecular complexity index is 486. The lowest BCUT2D eigenvalue weighted by atomic mass is 10.0. The third-order valence-electron chi connectivity index (χ3n) is 3.77. The molecule has 1 fully saturated rings. The van der Waals surface area contributed by atoms with Crippen LogP contribution in [0, 0.1) is 5.92 Å². The molecule has 1 unspecified atom stereocenters. The highest BCUT2D eigenvalue weighted by Gasteiger charge is 2.33. The minimum atomic E-state index is -0.460. The molecule has 2 N–H and O–H groups in total. The number of carbonyl (C=O) groups excluding carboxylic acids is 2. The first-order valence-electron chi connectivity index (χ1n) is 7.50. The zero-order chi connectivity index (χ0) is 15.2. The number of rotatable bonds is 6. The fourth-order valence-corrected chi connectivity index (χ4v) is 2.34. The molecule has 5 heteroatoms. The van der Waals surface area contributed by atoms with Gasteiger partial charge in [-0.2, -0.15) is 0 Å². The molecule has 1 aromatic carbocycles. The average Bonchev–Trinajstić information content (AvgIpc) is 2.43. The zero-order valence-corrected chi connectivity index (χ0v) is 12.6. The van der Waals surface area contributed by atoms with Gasteiger partial charge in [0.05, 0.1) is 5.92 Å². The Morgan fingerprint density at radius 3 is 2.52 bits per heavy atom. The number of benzene rings is 1. The van der Waals surface area contributed by atoms with E-state index >= 15 is 0 Å². The van der Waals surface area contributed by atoms with Gasteiger partial charge < -0.3 is 15.5 Å². The minimum absolute atomic E-state index is 0.0172. The smallest absolute Gasteiger partial charge is 0.246 e. The Morgan fingerprint density at radius 2 is 2.00 bits per heavy atom. The maximum absolute atomic E-state index is 12.4. The second kappa shape index (κ2) is 7.22. The molecule has 0 bridgehead atoms. The standard InChI is InChI=1S/C16H23N3O2/c1-3-9-19(16(21)13-10-17-11-13)12(2)15(20)18-14-7-5-4-6-8-14/h4-8,12-13,17H,3,9-11H2,1-2H3,(H,18,20). The van der Waals surface area contributed by atoms with E-state index in [0.717, 1.165) is 12.1 Å². The molecule has 2 rings (SSSR count). The SMILES string of the molecule is CCCN(C(=O)C1CNC1)C(C)C(=O)Nc1ccccc1. The van der Waals surface area contributed by atoms with E-state index in [0.29, 0.717) is 19.6 Å². The van der Waals surface area contributed by atoms with Gasteiger partial charge in [0.15, 0.2) is 0 Å². The summed E-state index contributed by atoms with van der Waals surface area (Å²) in [4.78, 5) is 26.5. The molecule has 2 amide bonds. The summed E-state index contributed by atoms with van der Waals surface area (Å²) < 4.78 is 0. The molecular weight excluding hydrogens is 266 g/mol. The summed E-state index contributed by atoms with van der Waals surface area (Å²) in [5.41, 5.74) is 0.753. The first-order valence-corrected chi connectivity index (χ1v) is 7.50. The van der Waals surface area contributed by atoms with Crippen molar-refractivity contribution >= 4 is 17.5 Å². The van der Waals surface area contributed by atoms with Gasteiger partial charge in [0, 0.05) is 25.3 Å². The molecule has 1 atom stereocenters. The molecule has 0 aliphatic carbocycles. The van der Waals surface area contributed by atoms with Gasteiger partial charge in [-0.1, -0.05) is 25.1 Å². The molecule has 0 radical (unpaired) electrons. The Hall–Kier alpha value is -1.88. The van der Waals surface area contributed by atoms with E-state index in [1.807, 2.05) is 37.3 Å². The molecule has 114 valence electrons. The van der Waals surface area contributed by atoms with Gasteiger partial charge in [-0.25, -0.2) is 0 Å². The van der Waals surface area contributed by atoms with Crippen molar-refractivity contribution in [1.29, 1.82) is 0 Å². The molecule has 0 aromatic heterocycles. The van der Waals surface area contributed by atoms with Crippen LogP contribution in [-0.4, -0.2) is 42.4 Å². The fourth-order valence-electron chi connectivity index (χ4n) is 2.34. The topological polar surface area (TPSA) is 61.4 Å². The third kappa shape index (κ3) is 3.82. The van der Waals surface area contributed by atoms with Crippen LogP contribution >= 0.6 is 0 Å². The van der Waals surface area contributed by atoms with E-state index in [9.17, 15) is 9.59 Å². The van der Waals surface area contributed by atoms with Gasteiger partial charge in [-0.05, 0) is 25.5 Å². The monoisotopic (exact) mass is 289 g/mol. The molecule has 5 nitrogen and oxygen atoms in total. The molecule has 21 heavy (non-hydrogen) atoms. The van der Waals surface area contributed by atoms with Gasteiger partial charge >= 0.3 is 0 Å². The second-order valence-electron chi connectivity index (χ2n) is 5.42. The minimum Gasteiger partial charge on any atom is -0.331 e. The van der Waals surface area contributed by atoms with Crippen molar-refractivity contribution in [2.45, 2.75) is 26.3 Å². The third-order valence-corrected chi connectivity index (χ3v) is 3.77. The maximum atomic E-state index is 12.4. The van der Waals surface area contributed by atoms with Gasteiger partial charge in [-0.3, -0.25) is 9.59 Å². The zero-order valence-electron chi connectivity index (χ0n) is 12.6. The van der Waals surface area contributed by atoms with E-state index < -0.39 is 6.04 Å². The van der Waals surface area contributed by atoms with Crippen LogP contribution in [0.5, 0.6) is 0 Å². The second-order valence-corrected chi connectivity index (χ2v) is 5.42. The quantitative estimate of drug-likeness (QED) is 0.833. The summed E-state index contributed by atoms with van der Waals surface area (Å²) in [6, 6.07) is 8.86. The number of hydrogen-bond acceptors (Lipinski definition) is 3. The van der Waals surface area contributed by atoms with Crippen molar-refractivity contribution in [2.75, 3.05) is 25.0 Å². The van der Waals surface area contributed by atoms with Gasteiger partial charge in [0.25, 0.3) is 0 Å². The van der Waals surface area contributed by atoms with E-state index in [1.54, 1.807) is 11.8 Å². The summed E-state index contributed by atoms with van der Waals surface area (Å²) in [5.74, 6) is -0.0508. The van der Waals surface area contributed by atoms with Crippen LogP contribution in [0.1, 0.15) is 20.3 Å². The number of hydrogen-bond donors (Lipinski definition) is 2. The molecule has 0 saturated carbocycles. The maximum Gasteiger partial charge on any atom is 0.246 e. The number of anilines is 1. The summed E-state index contributed by atoms with van der Waals surface area (Å²) in [7, 11) is 0. The lowest BCUT2D eigenvalue weighted by Gasteiger charge is -2.35. The van der Waals surface area contributed by atoms with Crippen molar-refractivity contribution in [2.24, 2.45) is 5.92 Å². The lowest BCUT2D eigenvalue weighted by molar-refractivity contribution is -0.143. The van der Waals surface area contributed by atoms with Crippen molar-refractivity contribution in [3.05, 3.63) is 30.3 Å². The largest absolute Gasteiger partial charge is 0.331 e. The first kappa shape index (κ1) is 15.5. The van der Waals surface area contributed by atoms with E-state index in [4.69, 9.17) is 0 Å². The van der Waals surface area contributed by atoms with Gasteiger partial charge in [0.1, 0.15) is 6.04 Å². The number of amides is 2. The van der Waals surface area contributed by atoms with Crippen LogP contribution < -0.4 is 10.6 Å². The summed E-state index contributed by atoms with van der Waals surface area (Å²) in [6.45, 7) is 5.84. The molecule has 0 spiro atoms. The molecule has 1 aromatic rings. The van der Waals surface area contributed by atoms with Crippen LogP contribution in [0.25, 0.3) is 0 Å². The van der Waals surface area contributed by atoms with Gasteiger partial charge in [-0.15, -0.1) is 0 Å². The molecule has 1 heterocycles. The van der Waals surface area contributed by atoms with E-state index in [2.05, 4.69) is 10.6 Å². The van der Waals surface area contributed by atoms with E-state index in [1.165, 1.54) is 0 Å². The Morgan fingerprint density at radius 1 is 1.33 bits per heavy atom. The van der Waals surface area contributed by atoms with Crippen LogP contribution in [0.4, 0.5) is 5.69 Å². The van der Waals surface area contributed by atoms with E-state index in [-0.39, 0.29) is 17.7 Å². The van der Waals surface area contributed by atoms with Crippen LogP contribution in [0.15, 0.2) is 30.3 Å². The van der Waals surface area contributed by atoms with Crippen molar-refractivity contribution in [1.82, 2.24) is 10.2 Å². The fraction of sp³-hybridized carbons (Fsp3) is 0.500. The highest BCUT2D eigenvalue weighted by molar-refractivity contribution is 5.97. The predicted octanol–water partition coefficient (Wildman–Crippen LogP) is 1.47. The average molecular weight is 289 g/mol. The Balaban J connectivity index is 2.01. The van der Waals surface area contributed by atoms with Crippen molar-refractivity contribution in [3.8, 4) is 0 Å². The summed E-state index contributed by atoms with van der Waals surface area (Å²) in [6.07, 6.45) is 0.842. The number of nitrogens with zero attached hydrogens (tertiary/aromatic N) is 1. The molecule has 1 aliphatic heterocycles. The molecule has 1 aliphatic rings. The van der Waals surface area contributed by atoms with Crippen molar-refractivity contribution < 1.29 is 9.59 Å². The normalized spacial score (nSPS) is 15.9. The van der Waals surface area contributed by atoms with Crippen LogP contribution in [-0.2, 0) is 9.59 Å². The first-order chi connectivity index (χ1) is 10.1. The van der Waals surface area contributed by atoms with Gasteiger partial charge in [0.2, 0.25) is 11.8 Å². The van der Waals surface area contributed by atoms with Crippen LogP contribution in [0.3, 0.4) is 0 Å². The highest BCUT2D eigenvalue weighted by atomic mass is 16.2. The number of carbonyl (C=O) groups is 2. The Labute approximate surface area is 125 Å². The lowest BCUT2D eigenvalue weighted by Crippen LogP contribution is -2.56. The van der Waals surface area contributed by atoms with Crippen LogP contribution in [0.2, 0.25) is 0 Å². The Kier molecular flexibility index (Phi) is 5.33. The summed E-state index contributed by atoms with van der Waals surface area (Å²) in [5, 5.41) is 5.96. The number of nitrogens with one attached hydrogen (secondary N) is 2. The van der Waals surface area contributed by atoms with Crippen molar-refractivity contribution in [3.63, 3.8) is 0 Å². The number of para-hydroxylation sites is 1. The summed E-state index contributed by atoms with van der Waals surface area (Å²) >= 11 is 0. The molecular formula is C16H23N3O2. The highest BCUT2D eigenvalue weighted by Crippen LogP contribution is 2.14. The molecule has 1 saturated heterocycles.